The van der Waals surface area contributed by atoms with Crippen LogP contribution in [0.4, 0.5) is 0 Å². The first kappa shape index (κ1) is 8.75. The molecule has 0 unspecified atom stereocenters. The molecule has 1 atom stereocenters. The predicted octanol–water partition coefficient (Wildman–Crippen LogP) is 1.33. The maximum absolute atomic E-state index is 4.20. The van der Waals surface area contributed by atoms with Gasteiger partial charge >= 0.3 is 0 Å². The van der Waals surface area contributed by atoms with Crippen molar-refractivity contribution in [2.45, 2.75) is 38.8 Å². The van der Waals surface area contributed by atoms with Crippen molar-refractivity contribution in [3.05, 3.63) is 18.2 Å². The molecular formula is C10H17N3. The molecule has 1 saturated heterocycles. The molecule has 1 aliphatic heterocycles. The second-order valence-corrected chi connectivity index (χ2v) is 3.83. The lowest BCUT2D eigenvalue weighted by Crippen LogP contribution is -2.22. The van der Waals surface area contributed by atoms with Crippen LogP contribution in [0.2, 0.25) is 0 Å². The average molecular weight is 179 g/mol. The van der Waals surface area contributed by atoms with Gasteiger partial charge in [0.1, 0.15) is 0 Å². The molecule has 2 heterocycles. The molecule has 1 aromatic heterocycles. The van der Waals surface area contributed by atoms with E-state index in [1.54, 1.807) is 0 Å². The van der Waals surface area contributed by atoms with E-state index < -0.39 is 0 Å². The number of aryl methyl sites for hydroxylation is 2. The molecule has 72 valence electrons. The number of hydrogen-bond donors (Lipinski definition) is 1. The molecule has 0 radical (unpaired) electrons. The molecule has 1 aliphatic rings. The van der Waals surface area contributed by atoms with Crippen molar-refractivity contribution in [3.63, 3.8) is 0 Å². The quantitative estimate of drug-likeness (QED) is 0.758. The Bertz CT molecular complexity index is 261. The summed E-state index contributed by atoms with van der Waals surface area (Å²) in [5, 5.41) is 3.50. The molecule has 0 spiro atoms. The Morgan fingerprint density at radius 3 is 3.23 bits per heavy atom. The number of rotatable bonds is 3. The number of hydrogen-bond acceptors (Lipinski definition) is 2. The standard InChI is InChI=1S/C10H17N3/c1-9-7-13(8-12-9)6-4-10-3-2-5-11-10/h7-8,10-11H,2-6H2,1H3/t10-/m1/s1. The molecule has 2 rings (SSSR count). The van der Waals surface area contributed by atoms with Gasteiger partial charge in [-0.15, -0.1) is 0 Å². The third-order valence-corrected chi connectivity index (χ3v) is 2.66. The molecule has 3 nitrogen and oxygen atoms in total. The topological polar surface area (TPSA) is 29.9 Å². The molecule has 1 N–H and O–H groups in total. The second-order valence-electron chi connectivity index (χ2n) is 3.83. The summed E-state index contributed by atoms with van der Waals surface area (Å²) in [6, 6.07) is 0.739. The molecule has 13 heavy (non-hydrogen) atoms. The number of nitrogens with zero attached hydrogens (tertiary/aromatic N) is 2. The van der Waals surface area contributed by atoms with Crippen molar-refractivity contribution < 1.29 is 0 Å². The molecule has 1 fully saturated rings. The van der Waals surface area contributed by atoms with Crippen LogP contribution < -0.4 is 5.32 Å². The van der Waals surface area contributed by atoms with Crippen LogP contribution in [0.1, 0.15) is 25.0 Å². The normalized spacial score (nSPS) is 22.4. The third kappa shape index (κ3) is 2.31. The van der Waals surface area contributed by atoms with Crippen LogP contribution in [0.15, 0.2) is 12.5 Å². The predicted molar refractivity (Wildman–Crippen MR) is 52.6 cm³/mol. The minimum Gasteiger partial charge on any atom is -0.337 e. The molecule has 0 saturated carbocycles. The van der Waals surface area contributed by atoms with Gasteiger partial charge in [-0.3, -0.25) is 0 Å². The van der Waals surface area contributed by atoms with Crippen LogP contribution in [-0.2, 0) is 6.54 Å². The molecular weight excluding hydrogens is 162 g/mol. The molecule has 0 aliphatic carbocycles. The lowest BCUT2D eigenvalue weighted by molar-refractivity contribution is 0.505. The van der Waals surface area contributed by atoms with Crippen molar-refractivity contribution in [2.24, 2.45) is 0 Å². The van der Waals surface area contributed by atoms with Crippen molar-refractivity contribution in [1.82, 2.24) is 14.9 Å². The van der Waals surface area contributed by atoms with Crippen molar-refractivity contribution >= 4 is 0 Å². The number of aromatic nitrogens is 2. The van der Waals surface area contributed by atoms with Crippen LogP contribution in [0, 0.1) is 6.92 Å². The van der Waals surface area contributed by atoms with Crippen LogP contribution in [-0.4, -0.2) is 22.1 Å². The Hall–Kier alpha value is -0.830. The smallest absolute Gasteiger partial charge is 0.0949 e. The monoisotopic (exact) mass is 179 g/mol. The summed E-state index contributed by atoms with van der Waals surface area (Å²) in [7, 11) is 0. The first-order valence-electron chi connectivity index (χ1n) is 5.06. The summed E-state index contributed by atoms with van der Waals surface area (Å²) in [6.07, 6.45) is 7.94. The maximum atomic E-state index is 4.20. The minimum absolute atomic E-state index is 0.739. The highest BCUT2D eigenvalue weighted by Crippen LogP contribution is 2.09. The zero-order valence-electron chi connectivity index (χ0n) is 8.16. The van der Waals surface area contributed by atoms with E-state index in [0.717, 1.165) is 18.3 Å². The molecule has 1 aromatic rings. The minimum atomic E-state index is 0.739. The zero-order chi connectivity index (χ0) is 9.10. The Balaban J connectivity index is 1.78. The zero-order valence-corrected chi connectivity index (χ0v) is 8.16. The van der Waals surface area contributed by atoms with Crippen LogP contribution in [0.25, 0.3) is 0 Å². The van der Waals surface area contributed by atoms with Gasteiger partial charge in [0, 0.05) is 18.8 Å². The maximum Gasteiger partial charge on any atom is 0.0949 e. The van der Waals surface area contributed by atoms with E-state index in [0.29, 0.717) is 0 Å². The fraction of sp³-hybridized carbons (Fsp3) is 0.700. The number of imidazole rings is 1. The van der Waals surface area contributed by atoms with Gasteiger partial charge in [0.2, 0.25) is 0 Å². The molecule has 0 bridgehead atoms. The van der Waals surface area contributed by atoms with Crippen molar-refractivity contribution in [3.8, 4) is 0 Å². The van der Waals surface area contributed by atoms with Gasteiger partial charge in [-0.25, -0.2) is 4.98 Å². The fourth-order valence-corrected chi connectivity index (χ4v) is 1.90. The van der Waals surface area contributed by atoms with Crippen LogP contribution >= 0.6 is 0 Å². The summed E-state index contributed by atoms with van der Waals surface area (Å²) in [6.45, 7) is 4.33. The average Bonchev–Trinajstić information content (AvgIpc) is 2.71. The summed E-state index contributed by atoms with van der Waals surface area (Å²) in [5.41, 5.74) is 1.11. The van der Waals surface area contributed by atoms with Gasteiger partial charge in [-0.1, -0.05) is 0 Å². The van der Waals surface area contributed by atoms with Crippen LogP contribution in [0.3, 0.4) is 0 Å². The van der Waals surface area contributed by atoms with E-state index in [-0.39, 0.29) is 0 Å². The van der Waals surface area contributed by atoms with E-state index in [1.807, 2.05) is 13.3 Å². The first-order valence-corrected chi connectivity index (χ1v) is 5.06. The molecule has 3 heteroatoms. The van der Waals surface area contributed by atoms with Gasteiger partial charge in [0.15, 0.2) is 0 Å². The first-order chi connectivity index (χ1) is 6.34. The Morgan fingerprint density at radius 2 is 2.62 bits per heavy atom. The molecule has 0 amide bonds. The van der Waals surface area contributed by atoms with E-state index in [4.69, 9.17) is 0 Å². The van der Waals surface area contributed by atoms with Crippen molar-refractivity contribution in [2.75, 3.05) is 6.54 Å². The van der Waals surface area contributed by atoms with Gasteiger partial charge < -0.3 is 9.88 Å². The number of nitrogens with one attached hydrogen (secondary N) is 1. The van der Waals surface area contributed by atoms with E-state index in [9.17, 15) is 0 Å². The third-order valence-electron chi connectivity index (χ3n) is 2.66. The Morgan fingerprint density at radius 1 is 1.69 bits per heavy atom. The largest absolute Gasteiger partial charge is 0.337 e. The van der Waals surface area contributed by atoms with Gasteiger partial charge in [-0.05, 0) is 32.7 Å². The van der Waals surface area contributed by atoms with Crippen LogP contribution in [0.5, 0.6) is 0 Å². The molecule has 0 aromatic carbocycles. The van der Waals surface area contributed by atoms with Gasteiger partial charge in [0.25, 0.3) is 0 Å². The Kier molecular flexibility index (Phi) is 2.64. The highest BCUT2D eigenvalue weighted by atomic mass is 15.0. The summed E-state index contributed by atoms with van der Waals surface area (Å²) in [5.74, 6) is 0. The Labute approximate surface area is 79.2 Å². The lowest BCUT2D eigenvalue weighted by atomic mass is 10.1. The highest BCUT2D eigenvalue weighted by molar-refractivity contribution is 4.92. The summed E-state index contributed by atoms with van der Waals surface area (Å²) in [4.78, 5) is 4.20. The second kappa shape index (κ2) is 3.92. The van der Waals surface area contributed by atoms with Crippen molar-refractivity contribution in [1.29, 1.82) is 0 Å². The summed E-state index contributed by atoms with van der Waals surface area (Å²) < 4.78 is 2.18. The SMILES string of the molecule is Cc1cn(CC[C@H]2CCCN2)cn1. The van der Waals surface area contributed by atoms with E-state index >= 15 is 0 Å². The van der Waals surface area contributed by atoms with Gasteiger partial charge in [0.05, 0.1) is 12.0 Å². The van der Waals surface area contributed by atoms with E-state index in [2.05, 4.69) is 21.1 Å². The van der Waals surface area contributed by atoms with Gasteiger partial charge in [-0.2, -0.15) is 0 Å². The summed E-state index contributed by atoms with van der Waals surface area (Å²) >= 11 is 0. The van der Waals surface area contributed by atoms with E-state index in [1.165, 1.54) is 25.8 Å². The lowest BCUT2D eigenvalue weighted by Gasteiger charge is -2.09. The highest BCUT2D eigenvalue weighted by Gasteiger charge is 2.13. The fourth-order valence-electron chi connectivity index (χ4n) is 1.90.